The summed E-state index contributed by atoms with van der Waals surface area (Å²) in [5, 5.41) is 11.2. The second-order valence-electron chi connectivity index (χ2n) is 4.50. The van der Waals surface area contributed by atoms with Crippen LogP contribution in [0.5, 0.6) is 0 Å². The third kappa shape index (κ3) is 4.33. The van der Waals surface area contributed by atoms with Crippen LogP contribution in [0, 0.1) is 0 Å². The van der Waals surface area contributed by atoms with Crippen LogP contribution in [0.3, 0.4) is 0 Å². The van der Waals surface area contributed by atoms with Crippen molar-refractivity contribution in [1.82, 2.24) is 10.2 Å². The van der Waals surface area contributed by atoms with E-state index in [1.807, 2.05) is 60.7 Å². The molecule has 0 aliphatic carbocycles. The fourth-order valence-electron chi connectivity index (χ4n) is 1.94. The molecule has 3 aromatic rings. The molecule has 5 heteroatoms. The molecule has 0 bridgehead atoms. The van der Waals surface area contributed by atoms with E-state index in [4.69, 9.17) is 4.42 Å². The summed E-state index contributed by atoms with van der Waals surface area (Å²) in [6.07, 6.45) is 0.654. The first-order valence-corrected chi connectivity index (χ1v) is 6.54. The maximum Gasteiger partial charge on any atom is 0.315 e. The molecule has 0 radical (unpaired) electrons. The van der Waals surface area contributed by atoms with Crippen molar-refractivity contribution in [1.29, 1.82) is 0 Å². The highest BCUT2D eigenvalue weighted by atomic mass is 35.5. The Hall–Kier alpha value is -2.33. The summed E-state index contributed by atoms with van der Waals surface area (Å²) < 4.78 is 5.58. The normalized spacial score (nSPS) is 9.90. The van der Waals surface area contributed by atoms with Gasteiger partial charge in [0.2, 0.25) is 5.89 Å². The first-order valence-electron chi connectivity index (χ1n) is 6.54. The number of aromatic nitrogens is 2. The predicted molar refractivity (Wildman–Crippen MR) is 84.6 cm³/mol. The van der Waals surface area contributed by atoms with Gasteiger partial charge in [0.25, 0.3) is 0 Å². The van der Waals surface area contributed by atoms with Crippen LogP contribution in [0.2, 0.25) is 0 Å². The van der Waals surface area contributed by atoms with Gasteiger partial charge in [0.1, 0.15) is 0 Å². The van der Waals surface area contributed by atoms with Gasteiger partial charge in [-0.2, -0.15) is 0 Å². The monoisotopic (exact) mass is 301 g/mol. The minimum Gasteiger partial charge on any atom is -0.408 e. The molecule has 0 aliphatic rings. The molecule has 0 fully saturated rings. The molecule has 0 atom stereocenters. The van der Waals surface area contributed by atoms with Gasteiger partial charge < -0.3 is 9.73 Å². The van der Waals surface area contributed by atoms with Gasteiger partial charge in [-0.25, -0.2) is 0 Å². The summed E-state index contributed by atoms with van der Waals surface area (Å²) in [4.78, 5) is 0. The number of anilines is 1. The zero-order chi connectivity index (χ0) is 13.6. The van der Waals surface area contributed by atoms with Crippen molar-refractivity contribution in [2.75, 3.05) is 5.32 Å². The minimum atomic E-state index is 0. The standard InChI is InChI=1S/C16H15N3O.ClH/c1-3-7-13(8-4-1)11-15-18-19-16(20-15)17-12-14-9-5-2-6-10-14;/h1-10H,11-12H2,(H,17,19);1H. The van der Waals surface area contributed by atoms with Gasteiger partial charge in [-0.15, -0.1) is 17.5 Å². The number of benzene rings is 2. The van der Waals surface area contributed by atoms with Crippen LogP contribution < -0.4 is 5.32 Å². The van der Waals surface area contributed by atoms with Crippen LogP contribution in [0.1, 0.15) is 17.0 Å². The lowest BCUT2D eigenvalue weighted by Gasteiger charge is -2.00. The van der Waals surface area contributed by atoms with Gasteiger partial charge in [-0.3, -0.25) is 0 Å². The summed E-state index contributed by atoms with van der Waals surface area (Å²) in [6.45, 7) is 0.674. The molecule has 0 saturated carbocycles. The van der Waals surface area contributed by atoms with E-state index in [1.54, 1.807) is 0 Å². The predicted octanol–water partition coefficient (Wildman–Crippen LogP) is 3.69. The van der Waals surface area contributed by atoms with Crippen molar-refractivity contribution in [3.8, 4) is 0 Å². The highest BCUT2D eigenvalue weighted by Gasteiger charge is 2.06. The fraction of sp³-hybridized carbons (Fsp3) is 0.125. The van der Waals surface area contributed by atoms with E-state index in [0.29, 0.717) is 24.9 Å². The van der Waals surface area contributed by atoms with Gasteiger partial charge in [0.15, 0.2) is 0 Å². The molecule has 1 heterocycles. The smallest absolute Gasteiger partial charge is 0.315 e. The van der Waals surface area contributed by atoms with Crippen molar-refractivity contribution in [2.45, 2.75) is 13.0 Å². The van der Waals surface area contributed by atoms with Gasteiger partial charge in [-0.05, 0) is 11.1 Å². The Morgan fingerprint density at radius 1 is 0.810 bits per heavy atom. The van der Waals surface area contributed by atoms with E-state index in [9.17, 15) is 0 Å². The summed E-state index contributed by atoms with van der Waals surface area (Å²) >= 11 is 0. The van der Waals surface area contributed by atoms with E-state index in [1.165, 1.54) is 5.56 Å². The minimum absolute atomic E-state index is 0. The molecule has 108 valence electrons. The Morgan fingerprint density at radius 3 is 2.10 bits per heavy atom. The average molecular weight is 302 g/mol. The summed E-state index contributed by atoms with van der Waals surface area (Å²) in [5.41, 5.74) is 2.33. The zero-order valence-electron chi connectivity index (χ0n) is 11.4. The second kappa shape index (κ2) is 7.45. The largest absolute Gasteiger partial charge is 0.408 e. The zero-order valence-corrected chi connectivity index (χ0v) is 12.2. The molecule has 1 N–H and O–H groups in total. The Kier molecular flexibility index (Phi) is 5.35. The van der Waals surface area contributed by atoms with Crippen molar-refractivity contribution in [3.63, 3.8) is 0 Å². The summed E-state index contributed by atoms with van der Waals surface area (Å²) in [7, 11) is 0. The van der Waals surface area contributed by atoms with Crippen LogP contribution in [0.15, 0.2) is 65.1 Å². The second-order valence-corrected chi connectivity index (χ2v) is 4.50. The maximum atomic E-state index is 5.58. The Balaban J connectivity index is 0.00000161. The molecule has 0 spiro atoms. The Bertz CT molecular complexity index is 656. The van der Waals surface area contributed by atoms with Crippen LogP contribution in [0.4, 0.5) is 6.01 Å². The summed E-state index contributed by atoms with van der Waals surface area (Å²) in [6, 6.07) is 20.6. The number of hydrogen-bond donors (Lipinski definition) is 1. The van der Waals surface area contributed by atoms with E-state index >= 15 is 0 Å². The number of rotatable bonds is 5. The number of hydrogen-bond acceptors (Lipinski definition) is 4. The highest BCUT2D eigenvalue weighted by molar-refractivity contribution is 5.85. The van der Waals surface area contributed by atoms with Crippen molar-refractivity contribution >= 4 is 18.4 Å². The van der Waals surface area contributed by atoms with E-state index in [2.05, 4.69) is 15.5 Å². The molecule has 0 unspecified atom stereocenters. The van der Waals surface area contributed by atoms with Crippen molar-refractivity contribution < 1.29 is 4.42 Å². The SMILES string of the molecule is Cl.c1ccc(CNc2nnc(Cc3ccccc3)o2)cc1. The average Bonchev–Trinajstić information content (AvgIpc) is 2.95. The highest BCUT2D eigenvalue weighted by Crippen LogP contribution is 2.12. The summed E-state index contributed by atoms with van der Waals surface area (Å²) in [5.74, 6) is 0.617. The van der Waals surface area contributed by atoms with Gasteiger partial charge in [-0.1, -0.05) is 65.8 Å². The lowest BCUT2D eigenvalue weighted by molar-refractivity contribution is 0.516. The van der Waals surface area contributed by atoms with E-state index in [-0.39, 0.29) is 12.4 Å². The molecule has 0 amide bonds. The third-order valence-electron chi connectivity index (χ3n) is 2.95. The van der Waals surface area contributed by atoms with Crippen molar-refractivity contribution in [3.05, 3.63) is 77.7 Å². The first kappa shape index (κ1) is 15.1. The number of nitrogens with zero attached hydrogens (tertiary/aromatic N) is 2. The molecule has 2 aromatic carbocycles. The van der Waals surface area contributed by atoms with E-state index in [0.717, 1.165) is 5.56 Å². The van der Waals surface area contributed by atoms with Crippen LogP contribution >= 0.6 is 12.4 Å². The number of halogens is 1. The molecule has 21 heavy (non-hydrogen) atoms. The van der Waals surface area contributed by atoms with E-state index < -0.39 is 0 Å². The molecule has 1 aromatic heterocycles. The molecular formula is C16H16ClN3O. The quantitative estimate of drug-likeness (QED) is 0.781. The van der Waals surface area contributed by atoms with Gasteiger partial charge in [0, 0.05) is 6.54 Å². The Labute approximate surface area is 129 Å². The molecule has 4 nitrogen and oxygen atoms in total. The van der Waals surface area contributed by atoms with Crippen LogP contribution in [-0.4, -0.2) is 10.2 Å². The lowest BCUT2D eigenvalue weighted by Crippen LogP contribution is -1.98. The van der Waals surface area contributed by atoms with Crippen molar-refractivity contribution in [2.24, 2.45) is 0 Å². The fourth-order valence-corrected chi connectivity index (χ4v) is 1.94. The van der Waals surface area contributed by atoms with Crippen LogP contribution in [-0.2, 0) is 13.0 Å². The molecule has 0 saturated heterocycles. The molecule has 0 aliphatic heterocycles. The first-order chi connectivity index (χ1) is 9.90. The van der Waals surface area contributed by atoms with Crippen LogP contribution in [0.25, 0.3) is 0 Å². The topological polar surface area (TPSA) is 51.0 Å². The Morgan fingerprint density at radius 2 is 1.43 bits per heavy atom. The lowest BCUT2D eigenvalue weighted by atomic mass is 10.2. The number of nitrogens with one attached hydrogen (secondary N) is 1. The van der Waals surface area contributed by atoms with Gasteiger partial charge >= 0.3 is 6.01 Å². The third-order valence-corrected chi connectivity index (χ3v) is 2.95. The molecular weight excluding hydrogens is 286 g/mol. The molecule has 3 rings (SSSR count). The van der Waals surface area contributed by atoms with Gasteiger partial charge in [0.05, 0.1) is 6.42 Å². The maximum absolute atomic E-state index is 5.58.